The van der Waals surface area contributed by atoms with E-state index in [0.717, 1.165) is 25.7 Å². The Hall–Kier alpha value is -3.40. The number of carbonyl (C=O) groups excluding carboxylic acids is 1. The zero-order chi connectivity index (χ0) is 21.3. The molecule has 0 saturated carbocycles. The molecular weight excluding hydrogens is 386 g/mol. The monoisotopic (exact) mass is 413 g/mol. The lowest BCUT2D eigenvalue weighted by molar-refractivity contribution is 0.0954. The number of amides is 1. The van der Waals surface area contributed by atoms with Crippen molar-refractivity contribution in [3.05, 3.63) is 36.2 Å². The molecular formula is C20H27N7O3. The van der Waals surface area contributed by atoms with Crippen molar-refractivity contribution in [1.29, 1.82) is 0 Å². The van der Waals surface area contributed by atoms with Gasteiger partial charge in [-0.15, -0.1) is 0 Å². The summed E-state index contributed by atoms with van der Waals surface area (Å²) in [7, 11) is 3.32. The van der Waals surface area contributed by atoms with Gasteiger partial charge < -0.3 is 25.8 Å². The average Bonchev–Trinajstić information content (AvgIpc) is 3.20. The predicted octanol–water partition coefficient (Wildman–Crippen LogP) is 2.20. The van der Waals surface area contributed by atoms with Crippen molar-refractivity contribution in [2.75, 3.05) is 37.9 Å². The van der Waals surface area contributed by atoms with E-state index >= 15 is 0 Å². The van der Waals surface area contributed by atoms with Crippen LogP contribution in [0, 0.1) is 0 Å². The van der Waals surface area contributed by atoms with Gasteiger partial charge in [-0.1, -0.05) is 12.8 Å². The number of fused-ring (bicyclic) bond motifs is 1. The zero-order valence-electron chi connectivity index (χ0n) is 17.2. The van der Waals surface area contributed by atoms with Crippen LogP contribution in [0.2, 0.25) is 0 Å². The molecule has 3 aromatic heterocycles. The van der Waals surface area contributed by atoms with Gasteiger partial charge in [-0.05, 0) is 25.0 Å². The first-order chi connectivity index (χ1) is 14.7. The molecule has 10 nitrogen and oxygen atoms in total. The molecule has 3 aromatic rings. The van der Waals surface area contributed by atoms with Crippen LogP contribution >= 0.6 is 0 Å². The third-order valence-corrected chi connectivity index (χ3v) is 4.57. The summed E-state index contributed by atoms with van der Waals surface area (Å²) in [6.45, 7) is 0.765. The lowest BCUT2D eigenvalue weighted by atomic mass is 10.2. The largest absolute Gasteiger partial charge is 0.480 e. The van der Waals surface area contributed by atoms with E-state index in [1.807, 2.05) is 6.07 Å². The zero-order valence-corrected chi connectivity index (χ0v) is 17.2. The second kappa shape index (κ2) is 10.4. The molecule has 4 N–H and O–H groups in total. The Kier molecular flexibility index (Phi) is 7.39. The molecule has 0 aliphatic carbocycles. The fourth-order valence-electron chi connectivity index (χ4n) is 3.04. The minimum atomic E-state index is -0.224. The molecule has 3 heterocycles. The maximum atomic E-state index is 12.7. The first kappa shape index (κ1) is 21.3. The van der Waals surface area contributed by atoms with Crippen LogP contribution in [-0.2, 0) is 0 Å². The van der Waals surface area contributed by atoms with E-state index in [0.29, 0.717) is 41.0 Å². The van der Waals surface area contributed by atoms with Gasteiger partial charge in [0.25, 0.3) is 5.91 Å². The highest BCUT2D eigenvalue weighted by molar-refractivity contribution is 6.00. The molecule has 0 aliphatic heterocycles. The van der Waals surface area contributed by atoms with Crippen molar-refractivity contribution in [3.63, 3.8) is 0 Å². The highest BCUT2D eigenvalue weighted by atomic mass is 16.5. The van der Waals surface area contributed by atoms with Crippen LogP contribution in [0.25, 0.3) is 5.65 Å². The quantitative estimate of drug-likeness (QED) is 0.353. The molecule has 30 heavy (non-hydrogen) atoms. The number of pyridine rings is 1. The van der Waals surface area contributed by atoms with Crippen molar-refractivity contribution in [1.82, 2.24) is 24.9 Å². The molecule has 0 bridgehead atoms. The molecule has 0 fully saturated rings. The number of anilines is 3. The summed E-state index contributed by atoms with van der Waals surface area (Å²) in [4.78, 5) is 21.4. The molecule has 0 spiro atoms. The summed E-state index contributed by atoms with van der Waals surface area (Å²) < 4.78 is 6.86. The van der Waals surface area contributed by atoms with E-state index < -0.39 is 0 Å². The smallest absolute Gasteiger partial charge is 0.256 e. The molecule has 0 unspecified atom stereocenters. The molecule has 3 rings (SSSR count). The number of nitrogens with zero attached hydrogens (tertiary/aromatic N) is 4. The van der Waals surface area contributed by atoms with E-state index in [9.17, 15) is 4.79 Å². The first-order valence-electron chi connectivity index (χ1n) is 9.89. The standard InChI is InChI=1S/C20H27N7O3/c1-21-17-12-16(25-15-8-7-10-23-20(15)30-2)26-18-14(13-24-27(17)18)19(29)22-9-5-3-4-6-11-28/h7-8,10,12-13,21,28H,3-6,9,11H2,1-2H3,(H,22,29)(H,25,26). The van der Waals surface area contributed by atoms with Crippen LogP contribution in [0.15, 0.2) is 30.6 Å². The molecule has 0 aliphatic rings. The van der Waals surface area contributed by atoms with Crippen molar-refractivity contribution in [2.45, 2.75) is 25.7 Å². The average molecular weight is 413 g/mol. The number of hydrogen-bond acceptors (Lipinski definition) is 8. The number of methoxy groups -OCH3 is 1. The lowest BCUT2D eigenvalue weighted by Crippen LogP contribution is -2.24. The second-order valence-corrected chi connectivity index (χ2v) is 6.65. The van der Waals surface area contributed by atoms with E-state index in [2.05, 4.69) is 31.0 Å². The highest BCUT2D eigenvalue weighted by Gasteiger charge is 2.17. The first-order valence-corrected chi connectivity index (χ1v) is 9.89. The van der Waals surface area contributed by atoms with E-state index in [1.54, 1.807) is 37.0 Å². The number of aliphatic hydroxyl groups excluding tert-OH is 1. The Balaban J connectivity index is 1.80. The van der Waals surface area contributed by atoms with E-state index in [1.165, 1.54) is 6.20 Å². The number of rotatable bonds is 11. The number of aliphatic hydroxyl groups is 1. The van der Waals surface area contributed by atoms with Gasteiger partial charge in [-0.25, -0.2) is 9.97 Å². The Morgan fingerprint density at radius 1 is 1.27 bits per heavy atom. The number of unbranched alkanes of at least 4 members (excludes halogenated alkanes) is 3. The summed E-state index contributed by atoms with van der Waals surface area (Å²) in [6.07, 6.45) is 6.70. The van der Waals surface area contributed by atoms with E-state index in [-0.39, 0.29) is 12.5 Å². The second-order valence-electron chi connectivity index (χ2n) is 6.65. The number of carbonyl (C=O) groups is 1. The van der Waals surface area contributed by atoms with Crippen LogP contribution in [-0.4, -0.2) is 57.9 Å². The van der Waals surface area contributed by atoms with Crippen molar-refractivity contribution in [3.8, 4) is 5.88 Å². The van der Waals surface area contributed by atoms with Crippen LogP contribution in [0.3, 0.4) is 0 Å². The fraction of sp³-hybridized carbons (Fsp3) is 0.400. The lowest BCUT2D eigenvalue weighted by Gasteiger charge is -2.12. The highest BCUT2D eigenvalue weighted by Crippen LogP contribution is 2.26. The molecule has 160 valence electrons. The number of nitrogens with one attached hydrogen (secondary N) is 3. The fourth-order valence-corrected chi connectivity index (χ4v) is 3.04. The van der Waals surface area contributed by atoms with Crippen LogP contribution in [0.1, 0.15) is 36.0 Å². The Bertz CT molecular complexity index is 990. The van der Waals surface area contributed by atoms with Gasteiger partial charge in [0.05, 0.1) is 13.3 Å². The Morgan fingerprint density at radius 2 is 2.10 bits per heavy atom. The number of hydrogen-bond donors (Lipinski definition) is 4. The van der Waals surface area contributed by atoms with Gasteiger partial charge in [-0.3, -0.25) is 4.79 Å². The minimum absolute atomic E-state index is 0.204. The summed E-state index contributed by atoms with van der Waals surface area (Å²) in [6, 6.07) is 5.41. The van der Waals surface area contributed by atoms with Crippen LogP contribution in [0.5, 0.6) is 5.88 Å². The van der Waals surface area contributed by atoms with E-state index in [4.69, 9.17) is 9.84 Å². The minimum Gasteiger partial charge on any atom is -0.480 e. The van der Waals surface area contributed by atoms with Gasteiger partial charge >= 0.3 is 0 Å². The number of ether oxygens (including phenoxy) is 1. The third-order valence-electron chi connectivity index (χ3n) is 4.57. The SMILES string of the molecule is CNc1cc(Nc2cccnc2OC)nc2c(C(=O)NCCCCCCO)cnn12. The van der Waals surface area contributed by atoms with Crippen LogP contribution < -0.4 is 20.7 Å². The molecule has 1 amide bonds. The Labute approximate surface area is 174 Å². The number of aromatic nitrogens is 4. The van der Waals surface area contributed by atoms with Crippen molar-refractivity contribution < 1.29 is 14.6 Å². The van der Waals surface area contributed by atoms with Crippen molar-refractivity contribution in [2.24, 2.45) is 0 Å². The van der Waals surface area contributed by atoms with Gasteiger partial charge in [0, 0.05) is 32.5 Å². The summed E-state index contributed by atoms with van der Waals surface area (Å²) in [5.41, 5.74) is 1.49. The molecule has 0 atom stereocenters. The van der Waals surface area contributed by atoms with Crippen LogP contribution in [0.4, 0.5) is 17.3 Å². The summed E-state index contributed by atoms with van der Waals surface area (Å²) >= 11 is 0. The Morgan fingerprint density at radius 3 is 2.87 bits per heavy atom. The topological polar surface area (TPSA) is 126 Å². The maximum Gasteiger partial charge on any atom is 0.256 e. The third kappa shape index (κ3) is 4.95. The van der Waals surface area contributed by atoms with Gasteiger partial charge in [0.15, 0.2) is 5.65 Å². The normalized spacial score (nSPS) is 10.8. The maximum absolute atomic E-state index is 12.7. The van der Waals surface area contributed by atoms with Gasteiger partial charge in [0.2, 0.25) is 5.88 Å². The van der Waals surface area contributed by atoms with Gasteiger partial charge in [0.1, 0.15) is 22.9 Å². The van der Waals surface area contributed by atoms with Gasteiger partial charge in [-0.2, -0.15) is 9.61 Å². The molecule has 10 heteroatoms. The predicted molar refractivity (Wildman–Crippen MR) is 114 cm³/mol. The van der Waals surface area contributed by atoms with Crippen molar-refractivity contribution >= 4 is 28.9 Å². The summed E-state index contributed by atoms with van der Waals surface area (Å²) in [5, 5.41) is 22.3. The summed E-state index contributed by atoms with van der Waals surface area (Å²) in [5.74, 6) is 1.42. The molecule has 0 radical (unpaired) electrons. The molecule has 0 aromatic carbocycles. The molecule has 0 saturated heterocycles.